The maximum atomic E-state index is 12.6. The van der Waals surface area contributed by atoms with E-state index in [0.29, 0.717) is 22.7 Å². The third-order valence-electron chi connectivity index (χ3n) is 3.47. The fourth-order valence-corrected chi connectivity index (χ4v) is 2.87. The van der Waals surface area contributed by atoms with Crippen molar-refractivity contribution in [3.63, 3.8) is 0 Å². The molecule has 1 atom stereocenters. The predicted molar refractivity (Wildman–Crippen MR) is 86.6 cm³/mol. The van der Waals surface area contributed by atoms with E-state index in [1.54, 1.807) is 29.8 Å². The van der Waals surface area contributed by atoms with Crippen LogP contribution in [0.15, 0.2) is 34.8 Å². The Hall–Kier alpha value is -1.57. The zero-order chi connectivity index (χ0) is 15.6. The van der Waals surface area contributed by atoms with Crippen LogP contribution in [0.5, 0.6) is 0 Å². The molecule has 0 aliphatic heterocycles. The molecule has 1 unspecified atom stereocenters. The maximum Gasteiger partial charge on any atom is 0.210 e. The Balaban J connectivity index is 2.47. The number of ketones is 1. The van der Waals surface area contributed by atoms with Crippen molar-refractivity contribution in [3.05, 3.63) is 56.8 Å². The smallest absolute Gasteiger partial charge is 0.210 e. The van der Waals surface area contributed by atoms with Crippen molar-refractivity contribution in [3.8, 4) is 6.07 Å². The normalized spacial score (nSPS) is 12.0. The summed E-state index contributed by atoms with van der Waals surface area (Å²) in [6.45, 7) is 1.94. The van der Waals surface area contributed by atoms with Gasteiger partial charge in [0.2, 0.25) is 5.78 Å². The van der Waals surface area contributed by atoms with Crippen LogP contribution < -0.4 is 0 Å². The molecule has 0 spiro atoms. The Kier molecular flexibility index (Phi) is 4.87. The average Bonchev–Trinajstić information content (AvgIpc) is 2.76. The van der Waals surface area contributed by atoms with Crippen LogP contribution in [-0.2, 0) is 7.05 Å². The Morgan fingerprint density at radius 3 is 2.57 bits per heavy atom. The summed E-state index contributed by atoms with van der Waals surface area (Å²) in [4.78, 5) is 12.6. The summed E-state index contributed by atoms with van der Waals surface area (Å²) < 4.78 is 2.64. The molecule has 2 aromatic rings. The number of rotatable bonds is 4. The molecule has 5 heteroatoms. The van der Waals surface area contributed by atoms with Gasteiger partial charge < -0.3 is 4.57 Å². The number of carbonyl (C=O) groups is 1. The third kappa shape index (κ3) is 3.04. The zero-order valence-corrected chi connectivity index (χ0v) is 14.1. The average molecular weight is 366 g/mol. The topological polar surface area (TPSA) is 45.8 Å². The van der Waals surface area contributed by atoms with Crippen molar-refractivity contribution in [2.75, 3.05) is 0 Å². The highest BCUT2D eigenvalue weighted by Gasteiger charge is 2.23. The first-order valence-corrected chi connectivity index (χ1v) is 7.71. The molecule has 0 aliphatic rings. The quantitative estimate of drug-likeness (QED) is 0.738. The lowest BCUT2D eigenvalue weighted by Crippen LogP contribution is -2.11. The highest BCUT2D eigenvalue weighted by molar-refractivity contribution is 9.10. The molecule has 0 bridgehead atoms. The number of halogens is 2. The van der Waals surface area contributed by atoms with Gasteiger partial charge in [-0.05, 0) is 36.8 Å². The molecule has 21 heavy (non-hydrogen) atoms. The van der Waals surface area contributed by atoms with E-state index in [2.05, 4.69) is 22.0 Å². The van der Waals surface area contributed by atoms with Crippen molar-refractivity contribution >= 4 is 33.3 Å². The van der Waals surface area contributed by atoms with Crippen LogP contribution in [-0.4, -0.2) is 10.4 Å². The molecular formula is C16H14BrClN2O. The van der Waals surface area contributed by atoms with Gasteiger partial charge in [0.25, 0.3) is 0 Å². The number of nitriles is 1. The van der Waals surface area contributed by atoms with E-state index in [1.807, 2.05) is 19.1 Å². The summed E-state index contributed by atoms with van der Waals surface area (Å²) in [7, 11) is 1.77. The SMILES string of the molecule is CCC(C#N)c1cc(Cl)c(C(=O)c2ccc(Br)cc2)n1C. The summed E-state index contributed by atoms with van der Waals surface area (Å²) in [5.41, 5.74) is 1.76. The molecule has 3 nitrogen and oxygen atoms in total. The van der Waals surface area contributed by atoms with E-state index in [9.17, 15) is 10.1 Å². The molecule has 1 heterocycles. The van der Waals surface area contributed by atoms with E-state index < -0.39 is 0 Å². The lowest BCUT2D eigenvalue weighted by molar-refractivity contribution is 0.103. The van der Waals surface area contributed by atoms with Gasteiger partial charge in [-0.15, -0.1) is 0 Å². The fraction of sp³-hybridized carbons (Fsp3) is 0.250. The molecule has 0 saturated heterocycles. The van der Waals surface area contributed by atoms with Crippen LogP contribution >= 0.6 is 27.5 Å². The van der Waals surface area contributed by atoms with Gasteiger partial charge in [0.15, 0.2) is 0 Å². The highest BCUT2D eigenvalue weighted by atomic mass is 79.9. The minimum atomic E-state index is -0.265. The van der Waals surface area contributed by atoms with Crippen molar-refractivity contribution in [2.24, 2.45) is 7.05 Å². The monoisotopic (exact) mass is 364 g/mol. The van der Waals surface area contributed by atoms with E-state index in [1.165, 1.54) is 0 Å². The second-order valence-electron chi connectivity index (χ2n) is 4.75. The Bertz CT molecular complexity index is 713. The minimum absolute atomic E-state index is 0.144. The summed E-state index contributed by atoms with van der Waals surface area (Å²) >= 11 is 9.57. The van der Waals surface area contributed by atoms with Crippen LogP contribution in [0.1, 0.15) is 41.0 Å². The first-order chi connectivity index (χ1) is 9.99. The van der Waals surface area contributed by atoms with Gasteiger partial charge in [-0.25, -0.2) is 0 Å². The summed E-state index contributed by atoms with van der Waals surface area (Å²) in [5, 5.41) is 9.58. The summed E-state index contributed by atoms with van der Waals surface area (Å²) in [5.74, 6) is -0.409. The van der Waals surface area contributed by atoms with Crippen molar-refractivity contribution in [1.82, 2.24) is 4.57 Å². The van der Waals surface area contributed by atoms with Gasteiger partial charge in [0.1, 0.15) is 5.69 Å². The Labute approximate surface area is 137 Å². The lowest BCUT2D eigenvalue weighted by atomic mass is 10.1. The number of hydrogen-bond acceptors (Lipinski definition) is 2. The molecule has 1 aromatic carbocycles. The number of carbonyl (C=O) groups excluding carboxylic acids is 1. The maximum absolute atomic E-state index is 12.6. The summed E-state index contributed by atoms with van der Waals surface area (Å²) in [6, 6.07) is 11.1. The van der Waals surface area contributed by atoms with Crippen LogP contribution in [0.4, 0.5) is 0 Å². The van der Waals surface area contributed by atoms with Gasteiger partial charge in [-0.2, -0.15) is 5.26 Å². The molecule has 0 saturated carbocycles. The fourth-order valence-electron chi connectivity index (χ4n) is 2.28. The molecule has 108 valence electrons. The van der Waals surface area contributed by atoms with Crippen molar-refractivity contribution in [2.45, 2.75) is 19.3 Å². The van der Waals surface area contributed by atoms with E-state index >= 15 is 0 Å². The molecule has 1 aromatic heterocycles. The molecular weight excluding hydrogens is 352 g/mol. The second kappa shape index (κ2) is 6.46. The standard InChI is InChI=1S/C16H14BrClN2O/c1-3-10(9-19)14-8-13(18)15(20(14)2)16(21)11-4-6-12(17)7-5-11/h4-8,10H,3H2,1-2H3. The number of aromatic nitrogens is 1. The first-order valence-electron chi connectivity index (χ1n) is 6.54. The number of nitrogens with zero attached hydrogens (tertiary/aromatic N) is 2. The zero-order valence-electron chi connectivity index (χ0n) is 11.7. The largest absolute Gasteiger partial charge is 0.342 e. The van der Waals surface area contributed by atoms with Gasteiger partial charge in [-0.3, -0.25) is 4.79 Å². The molecule has 0 fully saturated rings. The van der Waals surface area contributed by atoms with Crippen LogP contribution in [0.2, 0.25) is 5.02 Å². The van der Waals surface area contributed by atoms with Gasteiger partial charge in [0, 0.05) is 22.8 Å². The van der Waals surface area contributed by atoms with Crippen LogP contribution in [0.3, 0.4) is 0 Å². The van der Waals surface area contributed by atoms with E-state index in [0.717, 1.165) is 10.2 Å². The van der Waals surface area contributed by atoms with Crippen molar-refractivity contribution in [1.29, 1.82) is 5.26 Å². The first kappa shape index (κ1) is 15.8. The van der Waals surface area contributed by atoms with Gasteiger partial charge in [0.05, 0.1) is 17.0 Å². The Morgan fingerprint density at radius 1 is 1.43 bits per heavy atom. The molecule has 0 N–H and O–H groups in total. The Morgan fingerprint density at radius 2 is 2.05 bits per heavy atom. The lowest BCUT2D eigenvalue weighted by Gasteiger charge is -2.10. The van der Waals surface area contributed by atoms with Gasteiger partial charge >= 0.3 is 0 Å². The van der Waals surface area contributed by atoms with Crippen molar-refractivity contribution < 1.29 is 4.79 Å². The molecule has 2 rings (SSSR count). The third-order valence-corrected chi connectivity index (χ3v) is 4.28. The van der Waals surface area contributed by atoms with Crippen LogP contribution in [0.25, 0.3) is 0 Å². The number of hydrogen-bond donors (Lipinski definition) is 0. The number of benzene rings is 1. The molecule has 0 amide bonds. The predicted octanol–water partition coefficient (Wildman–Crippen LogP) is 4.69. The van der Waals surface area contributed by atoms with E-state index in [4.69, 9.17) is 11.6 Å². The second-order valence-corrected chi connectivity index (χ2v) is 6.07. The van der Waals surface area contributed by atoms with Crippen LogP contribution in [0, 0.1) is 11.3 Å². The van der Waals surface area contributed by atoms with E-state index in [-0.39, 0.29) is 11.7 Å². The minimum Gasteiger partial charge on any atom is -0.342 e. The highest BCUT2D eigenvalue weighted by Crippen LogP contribution is 2.29. The summed E-state index contributed by atoms with van der Waals surface area (Å²) in [6.07, 6.45) is 0.677. The molecule has 0 aliphatic carbocycles. The molecule has 0 radical (unpaired) electrons. The van der Waals surface area contributed by atoms with Gasteiger partial charge in [-0.1, -0.05) is 34.5 Å².